The summed E-state index contributed by atoms with van der Waals surface area (Å²) in [5, 5.41) is 10.9. The molecule has 1 atom stereocenters. The van der Waals surface area contributed by atoms with E-state index < -0.39 is 0 Å². The van der Waals surface area contributed by atoms with Gasteiger partial charge in [-0.2, -0.15) is 0 Å². The van der Waals surface area contributed by atoms with Crippen molar-refractivity contribution < 1.29 is 9.90 Å². The molecule has 1 spiro atoms. The average molecular weight is 397 g/mol. The smallest absolute Gasteiger partial charge is 0.230 e. The summed E-state index contributed by atoms with van der Waals surface area (Å²) in [5.41, 5.74) is 0.644. The summed E-state index contributed by atoms with van der Waals surface area (Å²) < 4.78 is 0. The normalized spacial score (nSPS) is 32.5. The predicted molar refractivity (Wildman–Crippen MR) is 105 cm³/mol. The number of carbonyl (C=O) groups is 1. The number of anilines is 1. The van der Waals surface area contributed by atoms with Gasteiger partial charge < -0.3 is 14.9 Å². The quantitative estimate of drug-likeness (QED) is 0.817. The van der Waals surface area contributed by atoms with Crippen LogP contribution in [0.2, 0.25) is 10.0 Å². The van der Waals surface area contributed by atoms with E-state index in [9.17, 15) is 9.90 Å². The Morgan fingerprint density at radius 2 is 1.85 bits per heavy atom. The number of piperidine rings is 1. The molecule has 1 saturated carbocycles. The van der Waals surface area contributed by atoms with Crippen molar-refractivity contribution in [1.29, 1.82) is 0 Å². The Balaban J connectivity index is 1.52. The summed E-state index contributed by atoms with van der Waals surface area (Å²) in [5.74, 6) is 0.307. The number of hydrogen-bond acceptors (Lipinski definition) is 3. The molecule has 2 aliphatic heterocycles. The summed E-state index contributed by atoms with van der Waals surface area (Å²) in [6, 6.07) is 6.01. The molecule has 3 fully saturated rings. The largest absolute Gasteiger partial charge is 0.393 e. The fourth-order valence-corrected chi connectivity index (χ4v) is 5.43. The van der Waals surface area contributed by atoms with Crippen LogP contribution < -0.4 is 4.90 Å². The maximum absolute atomic E-state index is 13.4. The number of likely N-dealkylation sites (tertiary alicyclic amines) is 1. The molecule has 6 heteroatoms. The molecule has 2 saturated heterocycles. The number of rotatable bonds is 2. The van der Waals surface area contributed by atoms with E-state index in [1.807, 2.05) is 12.1 Å². The number of halogens is 2. The van der Waals surface area contributed by atoms with E-state index in [1.54, 1.807) is 6.07 Å². The minimum Gasteiger partial charge on any atom is -0.393 e. The van der Waals surface area contributed by atoms with Crippen molar-refractivity contribution in [1.82, 2.24) is 4.90 Å². The zero-order valence-corrected chi connectivity index (χ0v) is 16.5. The molecule has 142 valence electrons. The van der Waals surface area contributed by atoms with Gasteiger partial charge in [0.25, 0.3) is 0 Å². The van der Waals surface area contributed by atoms with Gasteiger partial charge in [-0.1, -0.05) is 29.3 Å². The second-order valence-electron chi connectivity index (χ2n) is 8.09. The van der Waals surface area contributed by atoms with Crippen LogP contribution in [0.3, 0.4) is 0 Å². The molecular weight excluding hydrogens is 371 g/mol. The lowest BCUT2D eigenvalue weighted by atomic mass is 9.78. The molecule has 4 nitrogen and oxygen atoms in total. The van der Waals surface area contributed by atoms with Gasteiger partial charge in [-0.15, -0.1) is 0 Å². The van der Waals surface area contributed by atoms with E-state index in [1.165, 1.54) is 0 Å². The number of carbonyl (C=O) groups excluding carboxylic acids is 1. The second-order valence-corrected chi connectivity index (χ2v) is 8.87. The van der Waals surface area contributed by atoms with Crippen LogP contribution in [-0.4, -0.2) is 47.7 Å². The van der Waals surface area contributed by atoms with Gasteiger partial charge in [-0.25, -0.2) is 0 Å². The highest BCUT2D eigenvalue weighted by molar-refractivity contribution is 6.43. The lowest BCUT2D eigenvalue weighted by molar-refractivity contribution is -0.139. The Bertz CT molecular complexity index is 690. The van der Waals surface area contributed by atoms with Crippen molar-refractivity contribution >= 4 is 34.8 Å². The van der Waals surface area contributed by atoms with Crippen molar-refractivity contribution in [3.63, 3.8) is 0 Å². The molecule has 1 aromatic rings. The predicted octanol–water partition coefficient (Wildman–Crippen LogP) is 4.12. The average Bonchev–Trinajstić information content (AvgIpc) is 2.94. The Hall–Kier alpha value is -0.970. The Morgan fingerprint density at radius 3 is 2.62 bits per heavy atom. The highest BCUT2D eigenvalue weighted by Gasteiger charge is 2.50. The van der Waals surface area contributed by atoms with Crippen LogP contribution in [0.1, 0.15) is 44.9 Å². The molecular formula is C20H26Cl2N2O2. The number of aliphatic hydroxyl groups excluding tert-OH is 1. The van der Waals surface area contributed by atoms with Crippen molar-refractivity contribution in [3.8, 4) is 0 Å². The van der Waals surface area contributed by atoms with Crippen LogP contribution in [0.25, 0.3) is 0 Å². The first-order valence-corrected chi connectivity index (χ1v) is 10.4. The second kappa shape index (κ2) is 7.21. The minimum atomic E-state index is -0.292. The Labute approximate surface area is 165 Å². The molecule has 0 radical (unpaired) electrons. The van der Waals surface area contributed by atoms with Gasteiger partial charge in [0.2, 0.25) is 5.91 Å². The SMILES string of the molecule is O=C1N(C2CCC(O)CC2)CC[C@]12CCCN(c1cccc(Cl)c1Cl)C2. The molecule has 1 amide bonds. The van der Waals surface area contributed by atoms with E-state index in [2.05, 4.69) is 9.80 Å². The highest BCUT2D eigenvalue weighted by atomic mass is 35.5. The molecule has 0 bridgehead atoms. The molecule has 0 unspecified atom stereocenters. The van der Waals surface area contributed by atoms with Gasteiger partial charge >= 0.3 is 0 Å². The molecule has 0 aromatic heterocycles. The van der Waals surface area contributed by atoms with Gasteiger partial charge in [0.1, 0.15) is 0 Å². The first-order valence-electron chi connectivity index (χ1n) is 9.68. The molecule has 1 aromatic carbocycles. The summed E-state index contributed by atoms with van der Waals surface area (Å²) in [7, 11) is 0. The van der Waals surface area contributed by atoms with Crippen LogP contribution in [0, 0.1) is 5.41 Å². The first-order chi connectivity index (χ1) is 12.5. The van der Waals surface area contributed by atoms with Crippen LogP contribution in [-0.2, 0) is 4.79 Å². The number of hydrogen-bond donors (Lipinski definition) is 1. The topological polar surface area (TPSA) is 43.8 Å². The van der Waals surface area contributed by atoms with E-state index in [-0.39, 0.29) is 11.5 Å². The van der Waals surface area contributed by atoms with Gasteiger partial charge in [-0.05, 0) is 57.1 Å². The Kier molecular flexibility index (Phi) is 5.10. The first kappa shape index (κ1) is 18.4. The van der Waals surface area contributed by atoms with Crippen molar-refractivity contribution in [2.75, 3.05) is 24.5 Å². The monoisotopic (exact) mass is 396 g/mol. The fraction of sp³-hybridized carbons (Fsp3) is 0.650. The zero-order valence-electron chi connectivity index (χ0n) is 15.0. The molecule has 2 heterocycles. The third kappa shape index (κ3) is 3.21. The molecule has 1 N–H and O–H groups in total. The molecule has 3 aliphatic rings. The van der Waals surface area contributed by atoms with Crippen LogP contribution >= 0.6 is 23.2 Å². The third-order valence-electron chi connectivity index (χ3n) is 6.50. The van der Waals surface area contributed by atoms with E-state index in [0.717, 1.165) is 70.3 Å². The van der Waals surface area contributed by atoms with Crippen molar-refractivity contribution in [2.24, 2.45) is 5.41 Å². The van der Waals surface area contributed by atoms with Crippen molar-refractivity contribution in [2.45, 2.75) is 57.1 Å². The number of aliphatic hydroxyl groups is 1. The summed E-state index contributed by atoms with van der Waals surface area (Å²) >= 11 is 12.6. The summed E-state index contributed by atoms with van der Waals surface area (Å²) in [6.07, 6.45) is 6.14. The number of benzene rings is 1. The summed E-state index contributed by atoms with van der Waals surface area (Å²) in [6.45, 7) is 2.47. The Morgan fingerprint density at radius 1 is 1.08 bits per heavy atom. The van der Waals surface area contributed by atoms with Crippen LogP contribution in [0.5, 0.6) is 0 Å². The van der Waals surface area contributed by atoms with Gasteiger partial charge in [0.15, 0.2) is 0 Å². The minimum absolute atomic E-state index is 0.187. The van der Waals surface area contributed by atoms with Crippen LogP contribution in [0.15, 0.2) is 18.2 Å². The van der Waals surface area contributed by atoms with E-state index in [4.69, 9.17) is 23.2 Å². The number of nitrogens with zero attached hydrogens (tertiary/aromatic N) is 2. The molecule has 26 heavy (non-hydrogen) atoms. The van der Waals surface area contributed by atoms with Gasteiger partial charge in [0.05, 0.1) is 27.3 Å². The molecule has 1 aliphatic carbocycles. The third-order valence-corrected chi connectivity index (χ3v) is 7.31. The highest BCUT2D eigenvalue weighted by Crippen LogP contribution is 2.45. The fourth-order valence-electron chi connectivity index (χ4n) is 5.02. The van der Waals surface area contributed by atoms with E-state index >= 15 is 0 Å². The van der Waals surface area contributed by atoms with Crippen molar-refractivity contribution in [3.05, 3.63) is 28.2 Å². The standard InChI is InChI=1S/C20H26Cl2N2O2/c21-16-3-1-4-17(18(16)22)23-11-2-9-20(13-23)10-12-24(19(20)26)14-5-7-15(25)8-6-14/h1,3-4,14-15,25H,2,5-13H2/t14?,15?,20-/m0/s1. The molecule has 4 rings (SSSR count). The van der Waals surface area contributed by atoms with Gasteiger partial charge in [0, 0.05) is 25.7 Å². The maximum Gasteiger partial charge on any atom is 0.230 e. The van der Waals surface area contributed by atoms with Crippen LogP contribution in [0.4, 0.5) is 5.69 Å². The maximum atomic E-state index is 13.4. The van der Waals surface area contributed by atoms with E-state index in [0.29, 0.717) is 22.0 Å². The summed E-state index contributed by atoms with van der Waals surface area (Å²) in [4.78, 5) is 17.7. The van der Waals surface area contributed by atoms with Gasteiger partial charge in [-0.3, -0.25) is 4.79 Å². The lowest BCUT2D eigenvalue weighted by Gasteiger charge is -2.41. The zero-order chi connectivity index (χ0) is 18.3. The number of amides is 1. The lowest BCUT2D eigenvalue weighted by Crippen LogP contribution is -2.50.